The maximum atomic E-state index is 11.4. The molecule has 1 rings (SSSR count). The van der Waals surface area contributed by atoms with E-state index in [4.69, 9.17) is 4.74 Å². The van der Waals surface area contributed by atoms with Crippen LogP contribution in [0, 0.1) is 0 Å². The van der Waals surface area contributed by atoms with Crippen LogP contribution in [0.5, 0.6) is 0 Å². The number of ether oxygens (including phenoxy) is 1. The summed E-state index contributed by atoms with van der Waals surface area (Å²) in [5, 5.41) is 4.96. The Kier molecular flexibility index (Phi) is 6.24. The molecule has 6 heteroatoms. The number of hydrogen-bond donors (Lipinski definition) is 2. The van der Waals surface area contributed by atoms with Crippen molar-refractivity contribution >= 4 is 17.7 Å². The summed E-state index contributed by atoms with van der Waals surface area (Å²) >= 11 is 0. The molecule has 0 aliphatic rings. The molecule has 1 aromatic rings. The SMILES string of the molecule is CCCCOC(=O)NCC(=O)Nc1cccnc1. The van der Waals surface area contributed by atoms with E-state index in [1.54, 1.807) is 18.3 Å². The van der Waals surface area contributed by atoms with Gasteiger partial charge in [0.1, 0.15) is 6.54 Å². The number of carbonyl (C=O) groups is 2. The molecule has 0 aromatic carbocycles. The molecule has 0 saturated heterocycles. The minimum atomic E-state index is -0.579. The highest BCUT2D eigenvalue weighted by atomic mass is 16.5. The fraction of sp³-hybridized carbons (Fsp3) is 0.417. The lowest BCUT2D eigenvalue weighted by atomic mass is 10.4. The fourth-order valence-electron chi connectivity index (χ4n) is 1.15. The molecule has 0 aliphatic carbocycles. The molecule has 0 unspecified atom stereocenters. The maximum Gasteiger partial charge on any atom is 0.407 e. The van der Waals surface area contributed by atoms with Crippen LogP contribution in [0.4, 0.5) is 10.5 Å². The van der Waals surface area contributed by atoms with Crippen molar-refractivity contribution in [3.05, 3.63) is 24.5 Å². The predicted octanol–water partition coefficient (Wildman–Crippen LogP) is 1.55. The number of carbonyl (C=O) groups excluding carboxylic acids is 2. The Morgan fingerprint density at radius 1 is 1.44 bits per heavy atom. The molecule has 0 atom stereocenters. The van der Waals surface area contributed by atoms with Gasteiger partial charge in [-0.2, -0.15) is 0 Å². The van der Waals surface area contributed by atoms with Gasteiger partial charge < -0.3 is 15.4 Å². The van der Waals surface area contributed by atoms with E-state index in [0.29, 0.717) is 12.3 Å². The molecule has 0 radical (unpaired) electrons. The van der Waals surface area contributed by atoms with E-state index < -0.39 is 6.09 Å². The molecule has 2 amide bonds. The average Bonchev–Trinajstić information content (AvgIpc) is 2.38. The molecule has 6 nitrogen and oxygen atoms in total. The van der Waals surface area contributed by atoms with Crippen molar-refractivity contribution < 1.29 is 14.3 Å². The third-order valence-electron chi connectivity index (χ3n) is 2.07. The minimum absolute atomic E-state index is 0.125. The molecule has 0 aliphatic heterocycles. The molecule has 98 valence electrons. The van der Waals surface area contributed by atoms with Gasteiger partial charge in [-0.1, -0.05) is 13.3 Å². The van der Waals surface area contributed by atoms with Crippen molar-refractivity contribution in [2.45, 2.75) is 19.8 Å². The van der Waals surface area contributed by atoms with Gasteiger partial charge in [0, 0.05) is 6.20 Å². The van der Waals surface area contributed by atoms with Crippen molar-refractivity contribution in [3.63, 3.8) is 0 Å². The van der Waals surface area contributed by atoms with Crippen LogP contribution in [0.25, 0.3) is 0 Å². The number of alkyl carbamates (subject to hydrolysis) is 1. The first-order valence-corrected chi connectivity index (χ1v) is 5.83. The molecule has 1 aromatic heterocycles. The van der Waals surface area contributed by atoms with Gasteiger partial charge in [-0.3, -0.25) is 9.78 Å². The molecule has 0 spiro atoms. The summed E-state index contributed by atoms with van der Waals surface area (Å²) in [6, 6.07) is 3.42. The molecule has 18 heavy (non-hydrogen) atoms. The number of nitrogens with one attached hydrogen (secondary N) is 2. The zero-order valence-corrected chi connectivity index (χ0v) is 10.3. The molecule has 2 N–H and O–H groups in total. The molecule has 1 heterocycles. The van der Waals surface area contributed by atoms with Gasteiger partial charge in [0.2, 0.25) is 5.91 Å². The van der Waals surface area contributed by atoms with E-state index in [-0.39, 0.29) is 12.5 Å². The van der Waals surface area contributed by atoms with Crippen LogP contribution >= 0.6 is 0 Å². The Balaban J connectivity index is 2.19. The lowest BCUT2D eigenvalue weighted by Crippen LogP contribution is -2.33. The van der Waals surface area contributed by atoms with Crippen LogP contribution in [0.3, 0.4) is 0 Å². The number of anilines is 1. The van der Waals surface area contributed by atoms with Crippen molar-refractivity contribution in [2.24, 2.45) is 0 Å². The number of pyridine rings is 1. The van der Waals surface area contributed by atoms with Crippen LogP contribution in [0.2, 0.25) is 0 Å². The van der Waals surface area contributed by atoms with Gasteiger partial charge in [0.25, 0.3) is 0 Å². The number of rotatable bonds is 6. The predicted molar refractivity (Wildman–Crippen MR) is 67.1 cm³/mol. The van der Waals surface area contributed by atoms with Crippen molar-refractivity contribution in [1.29, 1.82) is 0 Å². The van der Waals surface area contributed by atoms with Crippen LogP contribution < -0.4 is 10.6 Å². The van der Waals surface area contributed by atoms with Crippen LogP contribution in [-0.4, -0.2) is 30.1 Å². The van der Waals surface area contributed by atoms with Gasteiger partial charge in [-0.05, 0) is 18.6 Å². The Morgan fingerprint density at radius 2 is 2.28 bits per heavy atom. The average molecular weight is 251 g/mol. The lowest BCUT2D eigenvalue weighted by Gasteiger charge is -2.07. The topological polar surface area (TPSA) is 80.3 Å². The summed E-state index contributed by atoms with van der Waals surface area (Å²) < 4.78 is 4.84. The van der Waals surface area contributed by atoms with Crippen LogP contribution in [0.15, 0.2) is 24.5 Å². The second-order valence-corrected chi connectivity index (χ2v) is 3.63. The van der Waals surface area contributed by atoms with Gasteiger partial charge >= 0.3 is 6.09 Å². The second-order valence-electron chi connectivity index (χ2n) is 3.63. The first-order chi connectivity index (χ1) is 8.72. The Bertz CT molecular complexity index is 381. The lowest BCUT2D eigenvalue weighted by molar-refractivity contribution is -0.115. The number of aromatic nitrogens is 1. The highest BCUT2D eigenvalue weighted by Crippen LogP contribution is 2.01. The van der Waals surface area contributed by atoms with Gasteiger partial charge in [-0.25, -0.2) is 4.79 Å². The third kappa shape index (κ3) is 5.83. The number of hydrogen-bond acceptors (Lipinski definition) is 4. The van der Waals surface area contributed by atoms with Crippen molar-refractivity contribution in [3.8, 4) is 0 Å². The molecular formula is C12H17N3O3. The van der Waals surface area contributed by atoms with Crippen molar-refractivity contribution in [1.82, 2.24) is 10.3 Å². The van der Waals surface area contributed by atoms with Crippen LogP contribution in [-0.2, 0) is 9.53 Å². The van der Waals surface area contributed by atoms with E-state index in [1.165, 1.54) is 6.20 Å². The summed E-state index contributed by atoms with van der Waals surface area (Å²) in [4.78, 5) is 26.4. The number of amides is 2. The second kappa shape index (κ2) is 8.05. The fourth-order valence-corrected chi connectivity index (χ4v) is 1.15. The zero-order valence-electron chi connectivity index (χ0n) is 10.3. The van der Waals surface area contributed by atoms with Crippen LogP contribution in [0.1, 0.15) is 19.8 Å². The summed E-state index contributed by atoms with van der Waals surface area (Å²) in [7, 11) is 0. The molecule has 0 bridgehead atoms. The first kappa shape index (κ1) is 14.0. The van der Waals surface area contributed by atoms with Gasteiger partial charge in [0.05, 0.1) is 18.5 Å². The zero-order chi connectivity index (χ0) is 13.2. The smallest absolute Gasteiger partial charge is 0.407 e. The number of nitrogens with zero attached hydrogens (tertiary/aromatic N) is 1. The summed E-state index contributed by atoms with van der Waals surface area (Å²) in [6.45, 7) is 2.25. The largest absolute Gasteiger partial charge is 0.450 e. The Morgan fingerprint density at radius 3 is 2.94 bits per heavy atom. The summed E-state index contributed by atoms with van der Waals surface area (Å²) in [5.41, 5.74) is 0.587. The minimum Gasteiger partial charge on any atom is -0.450 e. The Hall–Kier alpha value is -2.11. The highest BCUT2D eigenvalue weighted by Gasteiger charge is 2.06. The molecular weight excluding hydrogens is 234 g/mol. The van der Waals surface area contributed by atoms with E-state index in [2.05, 4.69) is 15.6 Å². The van der Waals surface area contributed by atoms with Crippen molar-refractivity contribution in [2.75, 3.05) is 18.5 Å². The summed E-state index contributed by atoms with van der Waals surface area (Å²) in [6.07, 6.45) is 4.32. The van der Waals surface area contributed by atoms with Gasteiger partial charge in [0.15, 0.2) is 0 Å². The molecule has 0 saturated carbocycles. The number of unbranched alkanes of at least 4 members (excludes halogenated alkanes) is 1. The van der Waals surface area contributed by atoms with Gasteiger partial charge in [-0.15, -0.1) is 0 Å². The monoisotopic (exact) mass is 251 g/mol. The normalized spacial score (nSPS) is 9.61. The Labute approximate surface area is 106 Å². The first-order valence-electron chi connectivity index (χ1n) is 5.83. The quantitative estimate of drug-likeness (QED) is 0.752. The van der Waals surface area contributed by atoms with E-state index >= 15 is 0 Å². The van der Waals surface area contributed by atoms with E-state index in [0.717, 1.165) is 12.8 Å². The van der Waals surface area contributed by atoms with E-state index in [9.17, 15) is 9.59 Å². The maximum absolute atomic E-state index is 11.4. The highest BCUT2D eigenvalue weighted by molar-refractivity contribution is 5.93. The van der Waals surface area contributed by atoms with E-state index in [1.807, 2.05) is 6.92 Å². The molecule has 0 fully saturated rings. The standard InChI is InChI=1S/C12H17N3O3/c1-2-3-7-18-12(17)14-9-11(16)15-10-5-4-6-13-8-10/h4-6,8H,2-3,7,9H2,1H3,(H,14,17)(H,15,16). The summed E-state index contributed by atoms with van der Waals surface area (Å²) in [5.74, 6) is -0.324. The third-order valence-corrected chi connectivity index (χ3v) is 2.07.